The molecule has 0 aromatic rings. The van der Waals surface area contributed by atoms with E-state index in [0.29, 0.717) is 5.25 Å². The lowest BCUT2D eigenvalue weighted by Gasteiger charge is -2.18. The lowest BCUT2D eigenvalue weighted by Crippen LogP contribution is -2.33. The Labute approximate surface area is 96.7 Å². The predicted molar refractivity (Wildman–Crippen MR) is 67.6 cm³/mol. The Morgan fingerprint density at radius 3 is 2.53 bits per heavy atom. The van der Waals surface area contributed by atoms with Crippen LogP contribution in [0.4, 0.5) is 0 Å². The summed E-state index contributed by atoms with van der Waals surface area (Å²) in [4.78, 5) is 0. The van der Waals surface area contributed by atoms with Crippen LogP contribution in [0.5, 0.6) is 0 Å². The maximum Gasteiger partial charge on any atom is 0.0329 e. The van der Waals surface area contributed by atoms with Gasteiger partial charge in [0.2, 0.25) is 0 Å². The molecule has 1 aliphatic carbocycles. The van der Waals surface area contributed by atoms with Gasteiger partial charge >= 0.3 is 0 Å². The SMILES string of the molecule is CCCC(NCCC(C)S(C)=O)C1CC1. The van der Waals surface area contributed by atoms with Crippen LogP contribution >= 0.6 is 0 Å². The molecular formula is C12H25NOS. The van der Waals surface area contributed by atoms with Gasteiger partial charge in [-0.05, 0) is 38.1 Å². The molecule has 1 aliphatic rings. The number of nitrogens with one attached hydrogen (secondary N) is 1. The first kappa shape index (κ1) is 13.2. The summed E-state index contributed by atoms with van der Waals surface area (Å²) in [6, 6.07) is 0.729. The maximum atomic E-state index is 11.2. The molecule has 90 valence electrons. The van der Waals surface area contributed by atoms with Crippen LogP contribution in [0.2, 0.25) is 0 Å². The third-order valence-electron chi connectivity index (χ3n) is 3.31. The highest BCUT2D eigenvalue weighted by molar-refractivity contribution is 7.84. The normalized spacial score (nSPS) is 22.3. The van der Waals surface area contributed by atoms with Gasteiger partial charge in [-0.2, -0.15) is 0 Å². The van der Waals surface area contributed by atoms with Crippen LogP contribution in [0.3, 0.4) is 0 Å². The molecule has 3 atom stereocenters. The standard InChI is InChI=1S/C12H25NOS/c1-4-5-12(11-6-7-11)13-9-8-10(2)15(3)14/h10-13H,4-9H2,1-3H3. The molecule has 3 heteroatoms. The van der Waals surface area contributed by atoms with Crippen molar-refractivity contribution in [3.63, 3.8) is 0 Å². The molecule has 0 heterocycles. The fraction of sp³-hybridized carbons (Fsp3) is 1.00. The smallest absolute Gasteiger partial charge is 0.0329 e. The van der Waals surface area contributed by atoms with Crippen LogP contribution < -0.4 is 5.32 Å². The van der Waals surface area contributed by atoms with Crippen molar-refractivity contribution in [1.82, 2.24) is 5.32 Å². The fourth-order valence-corrected chi connectivity index (χ4v) is 2.40. The minimum Gasteiger partial charge on any atom is -0.314 e. The highest BCUT2D eigenvalue weighted by Gasteiger charge is 2.29. The van der Waals surface area contributed by atoms with Gasteiger partial charge < -0.3 is 5.32 Å². The highest BCUT2D eigenvalue weighted by atomic mass is 32.2. The van der Waals surface area contributed by atoms with E-state index in [1.165, 1.54) is 25.7 Å². The summed E-state index contributed by atoms with van der Waals surface area (Å²) in [5.74, 6) is 0.937. The molecule has 0 aromatic heterocycles. The van der Waals surface area contributed by atoms with Crippen LogP contribution in [-0.4, -0.2) is 28.3 Å². The minimum atomic E-state index is -0.664. The highest BCUT2D eigenvalue weighted by Crippen LogP contribution is 2.34. The summed E-state index contributed by atoms with van der Waals surface area (Å²) < 4.78 is 11.2. The quantitative estimate of drug-likeness (QED) is 0.694. The molecule has 0 saturated heterocycles. The Morgan fingerprint density at radius 2 is 2.07 bits per heavy atom. The fourth-order valence-electron chi connectivity index (χ4n) is 1.95. The van der Waals surface area contributed by atoms with E-state index in [1.54, 1.807) is 6.26 Å². The summed E-state index contributed by atoms with van der Waals surface area (Å²) in [7, 11) is -0.664. The van der Waals surface area contributed by atoms with E-state index < -0.39 is 10.8 Å². The van der Waals surface area contributed by atoms with Crippen LogP contribution in [0.25, 0.3) is 0 Å². The van der Waals surface area contributed by atoms with Gasteiger partial charge in [0.1, 0.15) is 0 Å². The van der Waals surface area contributed by atoms with Gasteiger partial charge in [-0.15, -0.1) is 0 Å². The zero-order valence-corrected chi connectivity index (χ0v) is 11.1. The predicted octanol–water partition coefficient (Wildman–Crippen LogP) is 2.31. The van der Waals surface area contributed by atoms with E-state index in [2.05, 4.69) is 19.2 Å². The molecule has 3 unspecified atom stereocenters. The Kier molecular flexibility index (Phi) is 5.83. The van der Waals surface area contributed by atoms with Gasteiger partial charge in [-0.1, -0.05) is 20.3 Å². The Balaban J connectivity index is 2.13. The van der Waals surface area contributed by atoms with Crippen molar-refractivity contribution in [2.45, 2.75) is 57.2 Å². The summed E-state index contributed by atoms with van der Waals surface area (Å²) in [6.07, 6.45) is 8.22. The summed E-state index contributed by atoms with van der Waals surface area (Å²) in [6.45, 7) is 5.35. The van der Waals surface area contributed by atoms with Crippen LogP contribution in [-0.2, 0) is 10.8 Å². The maximum absolute atomic E-state index is 11.2. The number of hydrogen-bond donors (Lipinski definition) is 1. The third kappa shape index (κ3) is 5.12. The van der Waals surface area contributed by atoms with E-state index in [0.717, 1.165) is 24.9 Å². The molecule has 1 saturated carbocycles. The van der Waals surface area contributed by atoms with Crippen molar-refractivity contribution in [2.24, 2.45) is 5.92 Å². The summed E-state index contributed by atoms with van der Waals surface area (Å²) in [5, 5.41) is 3.97. The van der Waals surface area contributed by atoms with Crippen molar-refractivity contribution >= 4 is 10.8 Å². The Bertz CT molecular complexity index is 204. The number of hydrogen-bond acceptors (Lipinski definition) is 2. The van der Waals surface area contributed by atoms with Crippen LogP contribution in [0.1, 0.15) is 46.0 Å². The van der Waals surface area contributed by atoms with E-state index in [1.807, 2.05) is 0 Å². The molecule has 0 aromatic carbocycles. The van der Waals surface area contributed by atoms with Gasteiger partial charge in [0, 0.05) is 28.3 Å². The van der Waals surface area contributed by atoms with Crippen molar-refractivity contribution in [1.29, 1.82) is 0 Å². The Morgan fingerprint density at radius 1 is 1.40 bits per heavy atom. The number of rotatable bonds is 8. The van der Waals surface area contributed by atoms with E-state index >= 15 is 0 Å². The molecular weight excluding hydrogens is 206 g/mol. The molecule has 0 amide bonds. The zero-order chi connectivity index (χ0) is 11.3. The van der Waals surface area contributed by atoms with Gasteiger partial charge in [-0.3, -0.25) is 4.21 Å². The van der Waals surface area contributed by atoms with Gasteiger partial charge in [0.15, 0.2) is 0 Å². The van der Waals surface area contributed by atoms with E-state index in [-0.39, 0.29) is 0 Å². The third-order valence-corrected chi connectivity index (χ3v) is 4.68. The van der Waals surface area contributed by atoms with Crippen molar-refractivity contribution in [2.75, 3.05) is 12.8 Å². The van der Waals surface area contributed by atoms with Crippen LogP contribution in [0, 0.1) is 5.92 Å². The lowest BCUT2D eigenvalue weighted by atomic mass is 10.1. The van der Waals surface area contributed by atoms with Gasteiger partial charge in [0.25, 0.3) is 0 Å². The molecule has 0 aliphatic heterocycles. The van der Waals surface area contributed by atoms with Gasteiger partial charge in [0.05, 0.1) is 0 Å². The van der Waals surface area contributed by atoms with E-state index in [9.17, 15) is 4.21 Å². The second kappa shape index (κ2) is 6.64. The second-order valence-corrected chi connectivity index (χ2v) is 6.59. The molecule has 0 radical (unpaired) electrons. The molecule has 1 rings (SSSR count). The largest absolute Gasteiger partial charge is 0.314 e. The average molecular weight is 231 g/mol. The second-order valence-electron chi connectivity index (χ2n) is 4.78. The lowest BCUT2D eigenvalue weighted by molar-refractivity contribution is 0.427. The zero-order valence-electron chi connectivity index (χ0n) is 10.3. The minimum absolute atomic E-state index is 0.332. The first-order valence-electron chi connectivity index (χ1n) is 6.20. The molecule has 2 nitrogen and oxygen atoms in total. The van der Waals surface area contributed by atoms with Crippen molar-refractivity contribution < 1.29 is 4.21 Å². The Hall–Kier alpha value is 0.110. The van der Waals surface area contributed by atoms with Gasteiger partial charge in [-0.25, -0.2) is 0 Å². The van der Waals surface area contributed by atoms with E-state index in [4.69, 9.17) is 0 Å². The molecule has 15 heavy (non-hydrogen) atoms. The molecule has 1 N–H and O–H groups in total. The summed E-state index contributed by atoms with van der Waals surface area (Å²) >= 11 is 0. The first-order valence-corrected chi connectivity index (χ1v) is 7.82. The molecule has 0 bridgehead atoms. The van der Waals surface area contributed by atoms with Crippen molar-refractivity contribution in [3.8, 4) is 0 Å². The van der Waals surface area contributed by atoms with Crippen LogP contribution in [0.15, 0.2) is 0 Å². The molecule has 1 fully saturated rings. The monoisotopic (exact) mass is 231 g/mol. The first-order chi connectivity index (χ1) is 7.15. The average Bonchev–Trinajstić information content (AvgIpc) is 2.99. The van der Waals surface area contributed by atoms with Crippen molar-refractivity contribution in [3.05, 3.63) is 0 Å². The molecule has 0 spiro atoms. The summed E-state index contributed by atoms with van der Waals surface area (Å²) in [5.41, 5.74) is 0. The topological polar surface area (TPSA) is 29.1 Å².